The Morgan fingerprint density at radius 1 is 1.36 bits per heavy atom. The van der Waals surface area contributed by atoms with Crippen LogP contribution < -0.4 is 15.4 Å². The average Bonchev–Trinajstić information content (AvgIpc) is 3.08. The summed E-state index contributed by atoms with van der Waals surface area (Å²) >= 11 is 0. The molecule has 1 aromatic rings. The Bertz CT molecular complexity index is 552. The van der Waals surface area contributed by atoms with Gasteiger partial charge in [-0.05, 0) is 37.3 Å². The Labute approximate surface area is 152 Å². The van der Waals surface area contributed by atoms with Crippen molar-refractivity contribution in [3.63, 3.8) is 0 Å². The van der Waals surface area contributed by atoms with Crippen LogP contribution >= 0.6 is 0 Å². The highest BCUT2D eigenvalue weighted by atomic mass is 16.5. The minimum absolute atomic E-state index is 0.161. The van der Waals surface area contributed by atoms with Crippen molar-refractivity contribution < 1.29 is 9.47 Å². The molecular weight excluding hydrogens is 314 g/mol. The molecule has 0 amide bonds. The van der Waals surface area contributed by atoms with Gasteiger partial charge >= 0.3 is 0 Å². The summed E-state index contributed by atoms with van der Waals surface area (Å²) in [6.07, 6.45) is 3.50. The minimum Gasteiger partial charge on any atom is -0.488 e. The number of aryl methyl sites for hydroxylation is 1. The molecule has 1 unspecified atom stereocenters. The van der Waals surface area contributed by atoms with Gasteiger partial charge in [-0.2, -0.15) is 0 Å². The summed E-state index contributed by atoms with van der Waals surface area (Å²) in [5.41, 5.74) is 2.34. The van der Waals surface area contributed by atoms with Crippen LogP contribution in [0.15, 0.2) is 23.2 Å². The fourth-order valence-corrected chi connectivity index (χ4v) is 2.82. The molecule has 25 heavy (non-hydrogen) atoms. The Morgan fingerprint density at radius 3 is 2.88 bits per heavy atom. The van der Waals surface area contributed by atoms with Crippen LogP contribution in [0.2, 0.25) is 0 Å². The molecule has 1 aromatic carbocycles. The maximum absolute atomic E-state index is 6.15. The lowest BCUT2D eigenvalue weighted by Crippen LogP contribution is -2.37. The van der Waals surface area contributed by atoms with Crippen LogP contribution in [-0.2, 0) is 11.3 Å². The van der Waals surface area contributed by atoms with Gasteiger partial charge in [-0.1, -0.05) is 26.0 Å². The van der Waals surface area contributed by atoms with Gasteiger partial charge in [-0.3, -0.25) is 4.99 Å². The van der Waals surface area contributed by atoms with Gasteiger partial charge < -0.3 is 20.1 Å². The van der Waals surface area contributed by atoms with Gasteiger partial charge in [0.2, 0.25) is 0 Å². The molecule has 1 saturated heterocycles. The van der Waals surface area contributed by atoms with Crippen LogP contribution in [0.1, 0.15) is 44.2 Å². The van der Waals surface area contributed by atoms with Crippen molar-refractivity contribution in [2.75, 3.05) is 26.8 Å². The monoisotopic (exact) mass is 347 g/mol. The van der Waals surface area contributed by atoms with Crippen molar-refractivity contribution in [1.29, 1.82) is 0 Å². The minimum atomic E-state index is 0.161. The van der Waals surface area contributed by atoms with Crippen molar-refractivity contribution in [1.82, 2.24) is 10.6 Å². The molecule has 1 atom stereocenters. The Balaban J connectivity index is 1.87. The van der Waals surface area contributed by atoms with E-state index in [1.165, 1.54) is 12.0 Å². The number of nitrogens with zero attached hydrogens (tertiary/aromatic N) is 1. The molecule has 0 saturated carbocycles. The number of hydrogen-bond donors (Lipinski definition) is 2. The number of benzene rings is 1. The van der Waals surface area contributed by atoms with Gasteiger partial charge in [0.1, 0.15) is 11.9 Å². The highest BCUT2D eigenvalue weighted by molar-refractivity contribution is 5.79. The van der Waals surface area contributed by atoms with E-state index in [2.05, 4.69) is 54.6 Å². The van der Waals surface area contributed by atoms with Crippen molar-refractivity contribution in [3.05, 3.63) is 29.3 Å². The number of guanidine groups is 1. The highest BCUT2D eigenvalue weighted by Gasteiger charge is 2.18. The number of aliphatic imine (C=N–C) groups is 1. The first-order valence-corrected chi connectivity index (χ1v) is 9.37. The normalized spacial score (nSPS) is 17.8. The molecule has 0 spiro atoms. The van der Waals surface area contributed by atoms with E-state index in [9.17, 15) is 0 Å². The smallest absolute Gasteiger partial charge is 0.191 e. The summed E-state index contributed by atoms with van der Waals surface area (Å²) in [5.74, 6) is 2.52. The molecule has 2 rings (SSSR count). The molecule has 1 aliphatic heterocycles. The molecule has 0 aromatic heterocycles. The number of ether oxygens (including phenoxy) is 2. The van der Waals surface area contributed by atoms with E-state index < -0.39 is 0 Å². The molecule has 5 heteroatoms. The molecule has 0 bridgehead atoms. The van der Waals surface area contributed by atoms with E-state index in [0.29, 0.717) is 13.2 Å². The Kier molecular flexibility index (Phi) is 8.06. The van der Waals surface area contributed by atoms with Crippen LogP contribution in [0, 0.1) is 12.8 Å². The number of nitrogens with one attached hydrogen (secondary N) is 2. The van der Waals surface area contributed by atoms with Crippen LogP contribution in [0.4, 0.5) is 0 Å². The maximum atomic E-state index is 6.15. The highest BCUT2D eigenvalue weighted by Crippen LogP contribution is 2.23. The number of hydrogen-bond acceptors (Lipinski definition) is 3. The van der Waals surface area contributed by atoms with Crippen LogP contribution in [0.5, 0.6) is 5.75 Å². The van der Waals surface area contributed by atoms with Crippen LogP contribution in [-0.4, -0.2) is 38.9 Å². The maximum Gasteiger partial charge on any atom is 0.191 e. The largest absolute Gasteiger partial charge is 0.488 e. The zero-order valence-corrected chi connectivity index (χ0v) is 16.1. The van der Waals surface area contributed by atoms with Gasteiger partial charge in [-0.25, -0.2) is 0 Å². The predicted octanol–water partition coefficient (Wildman–Crippen LogP) is 3.26. The third kappa shape index (κ3) is 6.94. The van der Waals surface area contributed by atoms with E-state index in [4.69, 9.17) is 9.47 Å². The van der Waals surface area contributed by atoms with Crippen molar-refractivity contribution in [3.8, 4) is 5.75 Å². The van der Waals surface area contributed by atoms with Gasteiger partial charge in [0.05, 0.1) is 13.2 Å². The van der Waals surface area contributed by atoms with E-state index >= 15 is 0 Å². The lowest BCUT2D eigenvalue weighted by atomic mass is 10.1. The quantitative estimate of drug-likeness (QED) is 0.430. The summed E-state index contributed by atoms with van der Waals surface area (Å²) in [5, 5.41) is 6.76. The molecular formula is C20H33N3O2. The molecule has 0 radical (unpaired) electrons. The number of rotatable bonds is 8. The fraction of sp³-hybridized carbons (Fsp3) is 0.650. The average molecular weight is 348 g/mol. The SMILES string of the molecule is CN=C(NCCCC(C)C)NCc1ccc(C)cc1OC1CCOC1. The predicted molar refractivity (Wildman–Crippen MR) is 103 cm³/mol. The fourth-order valence-electron chi connectivity index (χ4n) is 2.82. The Hall–Kier alpha value is -1.75. The van der Waals surface area contributed by atoms with Crippen molar-refractivity contribution in [2.45, 2.75) is 52.7 Å². The molecule has 0 aliphatic carbocycles. The van der Waals surface area contributed by atoms with Crippen LogP contribution in [0.3, 0.4) is 0 Å². The third-order valence-electron chi connectivity index (χ3n) is 4.32. The zero-order chi connectivity index (χ0) is 18.1. The summed E-state index contributed by atoms with van der Waals surface area (Å²) in [6.45, 7) is 9.69. The second kappa shape index (κ2) is 10.3. The third-order valence-corrected chi connectivity index (χ3v) is 4.32. The van der Waals surface area contributed by atoms with Gasteiger partial charge in [0.15, 0.2) is 5.96 Å². The molecule has 5 nitrogen and oxygen atoms in total. The standard InChI is InChI=1S/C20H33N3O2/c1-15(2)6-5-10-22-20(21-4)23-13-17-8-7-16(3)12-19(17)25-18-9-11-24-14-18/h7-8,12,15,18H,5-6,9-11,13-14H2,1-4H3,(H2,21,22,23). The first-order chi connectivity index (χ1) is 12.1. The molecule has 1 fully saturated rings. The second-order valence-corrected chi connectivity index (χ2v) is 7.10. The summed E-state index contributed by atoms with van der Waals surface area (Å²) in [6, 6.07) is 6.35. The van der Waals surface area contributed by atoms with Gasteiger partial charge in [-0.15, -0.1) is 0 Å². The second-order valence-electron chi connectivity index (χ2n) is 7.10. The summed E-state index contributed by atoms with van der Waals surface area (Å²) < 4.78 is 11.6. The van der Waals surface area contributed by atoms with Gasteiger partial charge in [0, 0.05) is 32.1 Å². The summed E-state index contributed by atoms with van der Waals surface area (Å²) in [4.78, 5) is 4.30. The van der Waals surface area contributed by atoms with Crippen LogP contribution in [0.25, 0.3) is 0 Å². The molecule has 1 heterocycles. The molecule has 2 N–H and O–H groups in total. The Morgan fingerprint density at radius 2 is 2.20 bits per heavy atom. The zero-order valence-electron chi connectivity index (χ0n) is 16.1. The molecule has 140 valence electrons. The first kappa shape index (κ1) is 19.6. The van der Waals surface area contributed by atoms with Crippen molar-refractivity contribution >= 4 is 5.96 Å². The van der Waals surface area contributed by atoms with Gasteiger partial charge in [0.25, 0.3) is 0 Å². The first-order valence-electron chi connectivity index (χ1n) is 9.37. The summed E-state index contributed by atoms with van der Waals surface area (Å²) in [7, 11) is 1.81. The van der Waals surface area contributed by atoms with E-state index in [1.807, 2.05) is 0 Å². The van der Waals surface area contributed by atoms with Crippen molar-refractivity contribution in [2.24, 2.45) is 10.9 Å². The molecule has 1 aliphatic rings. The topological polar surface area (TPSA) is 54.9 Å². The van der Waals surface area contributed by atoms with E-state index in [0.717, 1.165) is 49.2 Å². The lowest BCUT2D eigenvalue weighted by Gasteiger charge is -2.18. The lowest BCUT2D eigenvalue weighted by molar-refractivity contribution is 0.140. The van der Waals surface area contributed by atoms with E-state index in [1.54, 1.807) is 7.05 Å². The van der Waals surface area contributed by atoms with E-state index in [-0.39, 0.29) is 6.10 Å².